The van der Waals surface area contributed by atoms with Gasteiger partial charge in [-0.2, -0.15) is 0 Å². The molecule has 186 valence electrons. The molecule has 1 N–H and O–H groups in total. The van der Waals surface area contributed by atoms with E-state index in [4.69, 9.17) is 11.6 Å². The zero-order valence-electron chi connectivity index (χ0n) is 20.3. The van der Waals surface area contributed by atoms with Crippen LogP contribution in [0.2, 0.25) is 5.02 Å². The van der Waals surface area contributed by atoms with Gasteiger partial charge in [-0.1, -0.05) is 48.9 Å². The molecule has 0 aliphatic rings. The number of anilines is 1. The summed E-state index contributed by atoms with van der Waals surface area (Å²) < 4.78 is 26.1. The third kappa shape index (κ3) is 8.02. The number of carbonyl (C=O) groups excluding carboxylic acids is 2. The Morgan fingerprint density at radius 1 is 1.12 bits per heavy atom. The third-order valence-electron chi connectivity index (χ3n) is 5.46. The molecule has 0 saturated carbocycles. The van der Waals surface area contributed by atoms with Crippen molar-refractivity contribution in [1.82, 2.24) is 10.2 Å². The predicted octanol–water partition coefficient (Wildman–Crippen LogP) is 4.14. The molecule has 2 aromatic carbocycles. The van der Waals surface area contributed by atoms with Crippen LogP contribution in [0, 0.1) is 6.92 Å². The Kier molecular flexibility index (Phi) is 10.4. The van der Waals surface area contributed by atoms with Crippen molar-refractivity contribution in [2.24, 2.45) is 0 Å². The summed E-state index contributed by atoms with van der Waals surface area (Å²) in [6, 6.07) is 13.7. The first-order valence-corrected chi connectivity index (χ1v) is 13.6. The van der Waals surface area contributed by atoms with Crippen molar-refractivity contribution in [2.45, 2.75) is 52.6 Å². The van der Waals surface area contributed by atoms with Gasteiger partial charge in [0.2, 0.25) is 21.8 Å². The molecule has 2 amide bonds. The fourth-order valence-electron chi connectivity index (χ4n) is 3.58. The molecule has 1 atom stereocenters. The molecule has 0 heterocycles. The van der Waals surface area contributed by atoms with Crippen LogP contribution in [0.3, 0.4) is 0 Å². The number of nitrogens with zero attached hydrogens (tertiary/aromatic N) is 2. The molecule has 0 aromatic heterocycles. The Morgan fingerprint density at radius 3 is 2.44 bits per heavy atom. The topological polar surface area (TPSA) is 86.8 Å². The van der Waals surface area contributed by atoms with Crippen molar-refractivity contribution < 1.29 is 18.0 Å². The van der Waals surface area contributed by atoms with Crippen LogP contribution in [0.4, 0.5) is 5.69 Å². The standard InChI is InChI=1S/C25H34ClN3O4S/c1-5-15-27-25(31)20(3)28(18-21-11-6-7-13-23(21)26)24(30)14-9-16-29(34(4,32)33)22-12-8-10-19(2)17-22/h6-8,10-13,17,20H,5,9,14-16,18H2,1-4H3,(H,27,31)/t20-/m0/s1. The van der Waals surface area contributed by atoms with E-state index < -0.39 is 16.1 Å². The maximum atomic E-state index is 13.2. The molecule has 0 aliphatic heterocycles. The lowest BCUT2D eigenvalue weighted by molar-refractivity contribution is -0.140. The quantitative estimate of drug-likeness (QED) is 0.467. The summed E-state index contributed by atoms with van der Waals surface area (Å²) in [4.78, 5) is 27.4. The van der Waals surface area contributed by atoms with Crippen molar-refractivity contribution in [3.8, 4) is 0 Å². The minimum absolute atomic E-state index is 0.0910. The fraction of sp³-hybridized carbons (Fsp3) is 0.440. The molecule has 9 heteroatoms. The number of hydrogen-bond donors (Lipinski definition) is 1. The van der Waals surface area contributed by atoms with Crippen LogP contribution >= 0.6 is 11.6 Å². The van der Waals surface area contributed by atoms with Crippen molar-refractivity contribution in [3.63, 3.8) is 0 Å². The smallest absolute Gasteiger partial charge is 0.242 e. The molecular weight excluding hydrogens is 474 g/mol. The highest BCUT2D eigenvalue weighted by molar-refractivity contribution is 7.92. The largest absolute Gasteiger partial charge is 0.354 e. The number of halogens is 1. The SMILES string of the molecule is CCCNC(=O)[C@H](C)N(Cc1ccccc1Cl)C(=O)CCCN(c1cccc(C)c1)S(C)(=O)=O. The maximum absolute atomic E-state index is 13.2. The van der Waals surface area contributed by atoms with Gasteiger partial charge in [-0.15, -0.1) is 0 Å². The van der Waals surface area contributed by atoms with Gasteiger partial charge < -0.3 is 10.2 Å². The van der Waals surface area contributed by atoms with Gasteiger partial charge in [-0.05, 0) is 56.0 Å². The van der Waals surface area contributed by atoms with Gasteiger partial charge in [0.05, 0.1) is 11.9 Å². The molecule has 0 aliphatic carbocycles. The number of nitrogens with one attached hydrogen (secondary N) is 1. The number of hydrogen-bond acceptors (Lipinski definition) is 4. The number of amides is 2. The van der Waals surface area contributed by atoms with Crippen LogP contribution in [-0.2, 0) is 26.2 Å². The highest BCUT2D eigenvalue weighted by atomic mass is 35.5. The van der Waals surface area contributed by atoms with Crippen LogP contribution in [0.1, 0.15) is 44.2 Å². The Hall–Kier alpha value is -2.58. The van der Waals surface area contributed by atoms with E-state index in [-0.39, 0.29) is 31.3 Å². The second-order valence-electron chi connectivity index (χ2n) is 8.36. The zero-order valence-corrected chi connectivity index (χ0v) is 21.8. The summed E-state index contributed by atoms with van der Waals surface area (Å²) in [5.74, 6) is -0.475. The van der Waals surface area contributed by atoms with Crippen LogP contribution in [0.5, 0.6) is 0 Å². The summed E-state index contributed by atoms with van der Waals surface area (Å²) in [6.45, 7) is 6.41. The maximum Gasteiger partial charge on any atom is 0.242 e. The van der Waals surface area contributed by atoms with E-state index in [1.54, 1.807) is 37.3 Å². The minimum atomic E-state index is -3.52. The zero-order chi connectivity index (χ0) is 25.3. The molecule has 2 rings (SSSR count). The van der Waals surface area contributed by atoms with Crippen molar-refractivity contribution in [1.29, 1.82) is 0 Å². The first kappa shape index (κ1) is 27.7. The number of carbonyl (C=O) groups is 2. The molecule has 0 bridgehead atoms. The lowest BCUT2D eigenvalue weighted by atomic mass is 10.1. The van der Waals surface area contributed by atoms with Crippen molar-refractivity contribution in [2.75, 3.05) is 23.7 Å². The van der Waals surface area contributed by atoms with Gasteiger partial charge in [0.1, 0.15) is 6.04 Å². The molecule has 34 heavy (non-hydrogen) atoms. The molecule has 7 nitrogen and oxygen atoms in total. The average Bonchev–Trinajstić information content (AvgIpc) is 2.78. The summed E-state index contributed by atoms with van der Waals surface area (Å²) in [5.41, 5.74) is 2.25. The highest BCUT2D eigenvalue weighted by Gasteiger charge is 2.27. The van der Waals surface area contributed by atoms with Crippen molar-refractivity contribution >= 4 is 39.1 Å². The second kappa shape index (κ2) is 12.8. The molecule has 2 aromatic rings. The Bertz CT molecular complexity index is 1090. The van der Waals surface area contributed by atoms with Crippen LogP contribution in [0.15, 0.2) is 48.5 Å². The average molecular weight is 508 g/mol. The van der Waals surface area contributed by atoms with Gasteiger partial charge in [-0.25, -0.2) is 8.42 Å². The summed E-state index contributed by atoms with van der Waals surface area (Å²) in [5, 5.41) is 3.35. The van der Waals surface area contributed by atoms with E-state index in [2.05, 4.69) is 5.32 Å². The first-order chi connectivity index (χ1) is 16.0. The van der Waals surface area contributed by atoms with Gasteiger partial charge in [-0.3, -0.25) is 13.9 Å². The molecule has 0 saturated heterocycles. The van der Waals surface area contributed by atoms with Gasteiger partial charge in [0, 0.05) is 31.1 Å². The fourth-order valence-corrected chi connectivity index (χ4v) is 4.73. The monoisotopic (exact) mass is 507 g/mol. The Balaban J connectivity index is 2.16. The van der Waals surface area contributed by atoms with Crippen molar-refractivity contribution in [3.05, 3.63) is 64.7 Å². The molecule has 0 spiro atoms. The summed E-state index contributed by atoms with van der Waals surface area (Å²) in [7, 11) is -3.52. The van der Waals surface area contributed by atoms with Crippen LogP contribution in [0.25, 0.3) is 0 Å². The Labute approximate surface area is 208 Å². The van der Waals surface area contributed by atoms with Gasteiger partial charge in [0.25, 0.3) is 0 Å². The summed E-state index contributed by atoms with van der Waals surface area (Å²) in [6.07, 6.45) is 2.34. The lowest BCUT2D eigenvalue weighted by Crippen LogP contribution is -2.47. The van der Waals surface area contributed by atoms with Gasteiger partial charge in [0.15, 0.2) is 0 Å². The van der Waals surface area contributed by atoms with E-state index in [0.717, 1.165) is 23.8 Å². The lowest BCUT2D eigenvalue weighted by Gasteiger charge is -2.29. The number of sulfonamides is 1. The molecular formula is C25H34ClN3O4S. The summed E-state index contributed by atoms with van der Waals surface area (Å²) >= 11 is 6.31. The molecule has 0 radical (unpaired) electrons. The van der Waals surface area contributed by atoms with E-state index >= 15 is 0 Å². The second-order valence-corrected chi connectivity index (χ2v) is 10.7. The van der Waals surface area contributed by atoms with E-state index in [0.29, 0.717) is 23.7 Å². The minimum Gasteiger partial charge on any atom is -0.354 e. The van der Waals surface area contributed by atoms with Gasteiger partial charge >= 0.3 is 0 Å². The van der Waals surface area contributed by atoms with Crippen LogP contribution in [-0.4, -0.2) is 50.5 Å². The van der Waals surface area contributed by atoms with E-state index in [9.17, 15) is 18.0 Å². The molecule has 0 unspecified atom stereocenters. The van der Waals surface area contributed by atoms with Crippen LogP contribution < -0.4 is 9.62 Å². The normalized spacial score (nSPS) is 12.1. The number of benzene rings is 2. The van der Waals surface area contributed by atoms with E-state index in [1.165, 1.54) is 9.21 Å². The first-order valence-electron chi connectivity index (χ1n) is 11.4. The third-order valence-corrected chi connectivity index (χ3v) is 7.02. The molecule has 0 fully saturated rings. The number of aryl methyl sites for hydroxylation is 1. The Morgan fingerprint density at radius 2 is 1.82 bits per heavy atom. The van der Waals surface area contributed by atoms with E-state index in [1.807, 2.05) is 32.0 Å². The highest BCUT2D eigenvalue weighted by Crippen LogP contribution is 2.22. The predicted molar refractivity (Wildman–Crippen MR) is 137 cm³/mol. The number of rotatable bonds is 12.